The van der Waals surface area contributed by atoms with Crippen molar-refractivity contribution < 1.29 is 18.8 Å². The van der Waals surface area contributed by atoms with Gasteiger partial charge in [0.15, 0.2) is 0 Å². The Hall–Kier alpha value is -3.08. The van der Waals surface area contributed by atoms with E-state index in [1.54, 1.807) is 12.1 Å². The fourth-order valence-electron chi connectivity index (χ4n) is 4.26. The van der Waals surface area contributed by atoms with E-state index in [4.69, 9.17) is 9.47 Å². The number of imidazole rings is 1. The normalized spacial score (nSPS) is 10.9. The number of benzene rings is 2. The average molecular weight is 492 g/mol. The lowest BCUT2D eigenvalue weighted by atomic mass is 10.1. The maximum Gasteiger partial charge on any atom is 0.343 e. The number of aryl methyl sites for hydroxylation is 1. The fourth-order valence-corrected chi connectivity index (χ4v) is 4.26. The van der Waals surface area contributed by atoms with Crippen LogP contribution in [0.15, 0.2) is 67.3 Å². The minimum absolute atomic E-state index is 0.370. The van der Waals surface area contributed by atoms with Crippen molar-refractivity contribution in [1.29, 1.82) is 0 Å². The molecule has 1 heterocycles. The van der Waals surface area contributed by atoms with E-state index < -0.39 is 0 Å². The van der Waals surface area contributed by atoms with Gasteiger partial charge in [0, 0.05) is 0 Å². The number of hydrogen-bond acceptors (Lipinski definition) is 3. The molecule has 0 amide bonds. The summed E-state index contributed by atoms with van der Waals surface area (Å²) < 4.78 is 15.6. The number of carbonyl (C=O) groups excluding carboxylic acids is 1. The first kappa shape index (κ1) is 27.5. The van der Waals surface area contributed by atoms with Crippen LogP contribution in [0.4, 0.5) is 0 Å². The molecular weight excluding hydrogens is 448 g/mol. The standard InChI is InChI=1S/C31H43N2O3/c1-3-5-6-7-8-9-10-11-12-13-25-35-29-18-14-27(15-19-29)31(34)36-30-20-16-28(17-21-30)33-24-23-32(26-33)22-4-2/h14-21,23-24,26H,3-13,22,25H2,1-2H3/q+1. The lowest BCUT2D eigenvalue weighted by Gasteiger charge is -2.08. The molecule has 0 unspecified atom stereocenters. The van der Waals surface area contributed by atoms with Crippen LogP contribution in [-0.4, -0.2) is 17.1 Å². The number of hydrogen-bond donors (Lipinski definition) is 0. The topological polar surface area (TPSA) is 44.3 Å². The predicted molar refractivity (Wildman–Crippen MR) is 145 cm³/mol. The molecule has 0 N–H and O–H groups in total. The van der Waals surface area contributed by atoms with Crippen LogP contribution in [0.2, 0.25) is 0 Å². The number of carbonyl (C=O) groups is 1. The van der Waals surface area contributed by atoms with Crippen LogP contribution in [0.25, 0.3) is 5.69 Å². The quantitative estimate of drug-likeness (QED) is 0.0841. The van der Waals surface area contributed by atoms with E-state index >= 15 is 0 Å². The second kappa shape index (κ2) is 15.8. The van der Waals surface area contributed by atoms with Crippen LogP contribution in [0, 0.1) is 0 Å². The van der Waals surface area contributed by atoms with Crippen molar-refractivity contribution in [3.8, 4) is 17.2 Å². The molecular formula is C31H43N2O3+. The number of esters is 1. The molecule has 0 aliphatic rings. The Morgan fingerprint density at radius 2 is 1.36 bits per heavy atom. The maximum atomic E-state index is 12.5. The van der Waals surface area contributed by atoms with Crippen LogP contribution in [-0.2, 0) is 6.54 Å². The van der Waals surface area contributed by atoms with E-state index in [0.29, 0.717) is 17.9 Å². The molecule has 5 heteroatoms. The van der Waals surface area contributed by atoms with Gasteiger partial charge in [-0.15, -0.1) is 0 Å². The lowest BCUT2D eigenvalue weighted by molar-refractivity contribution is -0.696. The molecule has 0 fully saturated rings. The number of nitrogens with zero attached hydrogens (tertiary/aromatic N) is 2. The number of aromatic nitrogens is 2. The molecule has 1 aromatic heterocycles. The summed E-state index contributed by atoms with van der Waals surface area (Å²) in [6.45, 7) is 6.13. The van der Waals surface area contributed by atoms with Gasteiger partial charge >= 0.3 is 5.97 Å². The predicted octanol–water partition coefficient (Wildman–Crippen LogP) is 7.69. The smallest absolute Gasteiger partial charge is 0.343 e. The third-order valence-electron chi connectivity index (χ3n) is 6.38. The first-order valence-electron chi connectivity index (χ1n) is 13.8. The van der Waals surface area contributed by atoms with E-state index in [-0.39, 0.29) is 5.97 Å². The molecule has 3 rings (SSSR count). The van der Waals surface area contributed by atoms with Crippen LogP contribution in [0.3, 0.4) is 0 Å². The van der Waals surface area contributed by atoms with Gasteiger partial charge in [-0.2, -0.15) is 0 Å². The van der Waals surface area contributed by atoms with Crippen molar-refractivity contribution >= 4 is 5.97 Å². The van der Waals surface area contributed by atoms with Crippen LogP contribution in [0.5, 0.6) is 11.5 Å². The Morgan fingerprint density at radius 3 is 2.00 bits per heavy atom. The molecule has 0 aliphatic carbocycles. The van der Waals surface area contributed by atoms with Crippen molar-refractivity contribution in [2.24, 2.45) is 0 Å². The Morgan fingerprint density at radius 1 is 0.750 bits per heavy atom. The lowest BCUT2D eigenvalue weighted by Crippen LogP contribution is -2.30. The average Bonchev–Trinajstić information content (AvgIpc) is 3.37. The zero-order valence-electron chi connectivity index (χ0n) is 22.2. The number of ether oxygens (including phenoxy) is 2. The molecule has 0 bridgehead atoms. The largest absolute Gasteiger partial charge is 0.494 e. The van der Waals surface area contributed by atoms with Crippen molar-refractivity contribution in [1.82, 2.24) is 4.57 Å². The molecule has 0 aliphatic heterocycles. The second-order valence-corrected chi connectivity index (χ2v) is 9.50. The second-order valence-electron chi connectivity index (χ2n) is 9.50. The Balaban J connectivity index is 1.33. The van der Waals surface area contributed by atoms with Gasteiger partial charge in [0.05, 0.1) is 18.7 Å². The van der Waals surface area contributed by atoms with Gasteiger partial charge in [-0.05, 0) is 61.4 Å². The molecule has 0 spiro atoms. The van der Waals surface area contributed by atoms with Crippen molar-refractivity contribution in [3.05, 3.63) is 72.8 Å². The van der Waals surface area contributed by atoms with E-state index in [2.05, 4.69) is 35.5 Å². The van der Waals surface area contributed by atoms with Crippen molar-refractivity contribution in [3.63, 3.8) is 0 Å². The molecule has 0 radical (unpaired) electrons. The van der Waals surface area contributed by atoms with Crippen LogP contribution < -0.4 is 14.0 Å². The summed E-state index contributed by atoms with van der Waals surface area (Å²) in [4.78, 5) is 12.5. The van der Waals surface area contributed by atoms with Gasteiger partial charge in [-0.25, -0.2) is 13.9 Å². The van der Waals surface area contributed by atoms with E-state index in [1.807, 2.05) is 42.6 Å². The zero-order valence-corrected chi connectivity index (χ0v) is 22.2. The molecule has 0 saturated heterocycles. The number of unbranched alkanes of at least 4 members (excludes halogenated alkanes) is 9. The fraction of sp³-hybridized carbons (Fsp3) is 0.484. The van der Waals surface area contributed by atoms with E-state index in [9.17, 15) is 4.79 Å². The van der Waals surface area contributed by atoms with Crippen LogP contribution >= 0.6 is 0 Å². The maximum absolute atomic E-state index is 12.5. The Labute approximate surface area is 217 Å². The summed E-state index contributed by atoms with van der Waals surface area (Å²) in [5, 5.41) is 0. The summed E-state index contributed by atoms with van der Waals surface area (Å²) in [5.74, 6) is 0.947. The van der Waals surface area contributed by atoms with Crippen molar-refractivity contribution in [2.75, 3.05) is 6.61 Å². The monoisotopic (exact) mass is 491 g/mol. The van der Waals surface area contributed by atoms with Gasteiger partial charge in [-0.1, -0.05) is 71.6 Å². The molecule has 0 atom stereocenters. The first-order valence-corrected chi connectivity index (χ1v) is 13.8. The SMILES string of the molecule is CCCCCCCCCCCCOc1ccc(C(=O)Oc2ccc(-n3cc[n+](CCC)c3)cc2)cc1. The molecule has 0 saturated carbocycles. The van der Waals surface area contributed by atoms with Gasteiger partial charge in [-0.3, -0.25) is 0 Å². The first-order chi connectivity index (χ1) is 17.7. The van der Waals surface area contributed by atoms with E-state index in [0.717, 1.165) is 30.8 Å². The van der Waals surface area contributed by atoms with Gasteiger partial charge in [0.25, 0.3) is 0 Å². The summed E-state index contributed by atoms with van der Waals surface area (Å²) in [5.41, 5.74) is 1.53. The van der Waals surface area contributed by atoms with Gasteiger partial charge in [0.2, 0.25) is 6.33 Å². The summed E-state index contributed by atoms with van der Waals surface area (Å²) in [7, 11) is 0. The third-order valence-corrected chi connectivity index (χ3v) is 6.38. The molecule has 2 aromatic carbocycles. The van der Waals surface area contributed by atoms with Gasteiger partial charge < -0.3 is 9.47 Å². The zero-order chi connectivity index (χ0) is 25.4. The highest BCUT2D eigenvalue weighted by atomic mass is 16.5. The highest BCUT2D eigenvalue weighted by molar-refractivity contribution is 5.91. The summed E-state index contributed by atoms with van der Waals surface area (Å²) in [6, 6.07) is 14.7. The molecule has 3 aromatic rings. The Kier molecular flexibility index (Phi) is 12.1. The number of rotatable bonds is 17. The highest BCUT2D eigenvalue weighted by Gasteiger charge is 2.11. The minimum atomic E-state index is -0.370. The Bertz CT molecular complexity index is 1010. The summed E-state index contributed by atoms with van der Waals surface area (Å²) in [6.07, 6.45) is 20.3. The van der Waals surface area contributed by atoms with Crippen LogP contribution in [0.1, 0.15) is 94.8 Å². The van der Waals surface area contributed by atoms with Gasteiger partial charge in [0.1, 0.15) is 29.6 Å². The highest BCUT2D eigenvalue weighted by Crippen LogP contribution is 2.19. The molecule has 5 nitrogen and oxygen atoms in total. The summed E-state index contributed by atoms with van der Waals surface area (Å²) >= 11 is 0. The van der Waals surface area contributed by atoms with E-state index in [1.165, 1.54) is 57.8 Å². The van der Waals surface area contributed by atoms with Crippen molar-refractivity contribution in [2.45, 2.75) is 91.0 Å². The molecule has 36 heavy (non-hydrogen) atoms. The third kappa shape index (κ3) is 9.52. The molecule has 194 valence electrons. The minimum Gasteiger partial charge on any atom is -0.494 e.